The minimum absolute atomic E-state index is 0.117. The molecule has 3 aromatic heterocycles. The highest BCUT2D eigenvalue weighted by atomic mass is 32.1. The largest absolute Gasteiger partial charge is 0.352 e. The maximum absolute atomic E-state index is 12.7. The lowest BCUT2D eigenvalue weighted by molar-refractivity contribution is 0.0953. The van der Waals surface area contributed by atoms with E-state index in [2.05, 4.69) is 65.8 Å². The zero-order chi connectivity index (χ0) is 21.3. The number of nitrogens with one attached hydrogen (secondary N) is 1. The van der Waals surface area contributed by atoms with Crippen LogP contribution in [0.2, 0.25) is 0 Å². The zero-order valence-electron chi connectivity index (χ0n) is 17.6. The fraction of sp³-hybridized carbons (Fsp3) is 0.304. The van der Waals surface area contributed by atoms with E-state index in [-0.39, 0.29) is 11.9 Å². The van der Waals surface area contributed by atoms with Gasteiger partial charge in [-0.25, -0.2) is 14.6 Å². The molecule has 4 rings (SSSR count). The van der Waals surface area contributed by atoms with Crippen molar-refractivity contribution in [3.63, 3.8) is 0 Å². The van der Waals surface area contributed by atoms with Gasteiger partial charge < -0.3 is 5.32 Å². The first-order chi connectivity index (χ1) is 14.4. The summed E-state index contributed by atoms with van der Waals surface area (Å²) in [5, 5.41) is 11.3. The van der Waals surface area contributed by atoms with Crippen molar-refractivity contribution >= 4 is 28.3 Å². The molecule has 7 heteroatoms. The molecule has 0 radical (unpaired) electrons. The maximum atomic E-state index is 12.7. The van der Waals surface area contributed by atoms with Crippen LogP contribution < -0.4 is 5.32 Å². The third kappa shape index (κ3) is 4.11. The van der Waals surface area contributed by atoms with Gasteiger partial charge in [0, 0.05) is 35.3 Å². The molecule has 0 spiro atoms. The number of nitrogens with zero attached hydrogens (tertiary/aromatic N) is 4. The van der Waals surface area contributed by atoms with Gasteiger partial charge in [0.2, 0.25) is 0 Å². The first-order valence-corrected chi connectivity index (χ1v) is 10.9. The van der Waals surface area contributed by atoms with Gasteiger partial charge in [-0.3, -0.25) is 4.79 Å². The Hall–Kier alpha value is -3.06. The van der Waals surface area contributed by atoms with Crippen molar-refractivity contribution in [1.29, 1.82) is 0 Å². The van der Waals surface area contributed by atoms with Crippen molar-refractivity contribution in [2.45, 2.75) is 40.2 Å². The minimum Gasteiger partial charge on any atom is -0.352 e. The number of carbonyl (C=O) groups is 1. The van der Waals surface area contributed by atoms with E-state index in [0.29, 0.717) is 24.2 Å². The summed E-state index contributed by atoms with van der Waals surface area (Å²) < 4.78 is 1.87. The summed E-state index contributed by atoms with van der Waals surface area (Å²) in [7, 11) is 0. The Morgan fingerprint density at radius 2 is 1.93 bits per heavy atom. The maximum Gasteiger partial charge on any atom is 0.253 e. The summed E-state index contributed by atoms with van der Waals surface area (Å²) >= 11 is 1.63. The molecule has 0 aliphatic carbocycles. The molecule has 30 heavy (non-hydrogen) atoms. The minimum atomic E-state index is -0.117. The Morgan fingerprint density at radius 3 is 2.67 bits per heavy atom. The van der Waals surface area contributed by atoms with Crippen LogP contribution in [0.1, 0.15) is 47.2 Å². The summed E-state index contributed by atoms with van der Waals surface area (Å²) in [6, 6.07) is 10.5. The lowest BCUT2D eigenvalue weighted by Crippen LogP contribution is -2.26. The van der Waals surface area contributed by atoms with Gasteiger partial charge in [-0.15, -0.1) is 11.3 Å². The van der Waals surface area contributed by atoms with E-state index in [1.165, 1.54) is 5.56 Å². The van der Waals surface area contributed by atoms with Crippen molar-refractivity contribution in [2.24, 2.45) is 0 Å². The summed E-state index contributed by atoms with van der Waals surface area (Å²) in [5.74, 6) is -0.117. The number of fused-ring (bicyclic) bond motifs is 1. The van der Waals surface area contributed by atoms with Crippen LogP contribution in [-0.2, 0) is 6.42 Å². The summed E-state index contributed by atoms with van der Waals surface area (Å²) in [6.45, 7) is 8.59. The number of amides is 1. The van der Waals surface area contributed by atoms with Gasteiger partial charge in [0.05, 0.1) is 23.1 Å². The molecule has 1 amide bonds. The number of benzene rings is 1. The Balaban J connectivity index is 1.40. The quantitative estimate of drug-likeness (QED) is 0.491. The van der Waals surface area contributed by atoms with Crippen molar-refractivity contribution in [3.8, 4) is 10.6 Å². The summed E-state index contributed by atoms with van der Waals surface area (Å²) in [5.41, 5.74) is 5.45. The first kappa shape index (κ1) is 20.2. The number of carbonyl (C=O) groups excluding carboxylic acids is 1. The number of hydrogen-bond acceptors (Lipinski definition) is 5. The normalized spacial score (nSPS) is 11.4. The van der Waals surface area contributed by atoms with Crippen molar-refractivity contribution in [3.05, 3.63) is 64.4 Å². The molecule has 1 N–H and O–H groups in total. The molecule has 0 saturated carbocycles. The third-order valence-corrected chi connectivity index (χ3v) is 5.95. The van der Waals surface area contributed by atoms with Crippen LogP contribution >= 0.6 is 11.3 Å². The number of aromatic nitrogens is 4. The molecule has 0 aliphatic rings. The van der Waals surface area contributed by atoms with Crippen LogP contribution in [0.4, 0.5) is 0 Å². The van der Waals surface area contributed by atoms with Gasteiger partial charge in [-0.1, -0.05) is 29.8 Å². The number of hydrogen-bond donors (Lipinski definition) is 1. The van der Waals surface area contributed by atoms with E-state index in [0.717, 1.165) is 27.3 Å². The third-order valence-electron chi connectivity index (χ3n) is 5.01. The molecule has 0 bridgehead atoms. The summed E-state index contributed by atoms with van der Waals surface area (Å²) in [4.78, 5) is 22.0. The summed E-state index contributed by atoms with van der Waals surface area (Å²) in [6.07, 6.45) is 2.45. The average molecular weight is 420 g/mol. The highest BCUT2D eigenvalue weighted by Gasteiger charge is 2.15. The van der Waals surface area contributed by atoms with Gasteiger partial charge in [0.25, 0.3) is 5.91 Å². The predicted molar refractivity (Wildman–Crippen MR) is 121 cm³/mol. The van der Waals surface area contributed by atoms with Crippen molar-refractivity contribution in [1.82, 2.24) is 25.1 Å². The van der Waals surface area contributed by atoms with Gasteiger partial charge in [-0.2, -0.15) is 5.10 Å². The lowest BCUT2D eigenvalue weighted by atomic mass is 10.1. The van der Waals surface area contributed by atoms with Crippen LogP contribution in [0.3, 0.4) is 0 Å². The predicted octanol–water partition coefficient (Wildman–Crippen LogP) is 4.73. The second-order valence-corrected chi connectivity index (χ2v) is 8.59. The second kappa shape index (κ2) is 8.36. The Bertz CT molecular complexity index is 1190. The van der Waals surface area contributed by atoms with Crippen LogP contribution in [0.5, 0.6) is 0 Å². The molecular formula is C23H25N5OS. The smallest absolute Gasteiger partial charge is 0.253 e. The zero-order valence-corrected chi connectivity index (χ0v) is 18.5. The molecule has 1 aromatic carbocycles. The Morgan fingerprint density at radius 1 is 1.17 bits per heavy atom. The van der Waals surface area contributed by atoms with Crippen LogP contribution in [0.15, 0.2) is 41.9 Å². The van der Waals surface area contributed by atoms with E-state index >= 15 is 0 Å². The lowest BCUT2D eigenvalue weighted by Gasteiger charge is -2.09. The molecule has 4 aromatic rings. The second-order valence-electron chi connectivity index (χ2n) is 7.73. The number of rotatable bonds is 6. The highest BCUT2D eigenvalue weighted by molar-refractivity contribution is 7.13. The molecule has 0 saturated heterocycles. The number of pyridine rings is 1. The standard InChI is InChI=1S/C23H25N5OS/c1-14(2)28-21-18(12-25-28)11-20(16(4)26-21)22(29)24-10-9-19-13-30-23(27-19)17-7-5-15(3)6-8-17/h5-8,11-14H,9-10H2,1-4H3,(H,24,29). The van der Waals surface area contributed by atoms with Gasteiger partial charge >= 0.3 is 0 Å². The molecule has 0 aliphatic heterocycles. The SMILES string of the molecule is Cc1ccc(-c2nc(CCNC(=O)c3cc4cnn(C(C)C)c4nc3C)cs2)cc1. The number of thiazole rings is 1. The van der Waals surface area contributed by atoms with Crippen molar-refractivity contribution in [2.75, 3.05) is 6.54 Å². The van der Waals surface area contributed by atoms with Crippen LogP contribution in [0, 0.1) is 13.8 Å². The van der Waals surface area contributed by atoms with Crippen molar-refractivity contribution < 1.29 is 4.79 Å². The fourth-order valence-corrected chi connectivity index (χ4v) is 4.18. The van der Waals surface area contributed by atoms with Gasteiger partial charge in [0.15, 0.2) is 5.65 Å². The van der Waals surface area contributed by atoms with E-state index < -0.39 is 0 Å². The first-order valence-electron chi connectivity index (χ1n) is 10.1. The van der Waals surface area contributed by atoms with Crippen LogP contribution in [-0.4, -0.2) is 32.2 Å². The Kier molecular flexibility index (Phi) is 5.63. The molecule has 0 fully saturated rings. The molecular weight excluding hydrogens is 394 g/mol. The van der Waals surface area contributed by atoms with Gasteiger partial charge in [-0.05, 0) is 33.8 Å². The van der Waals surface area contributed by atoms with E-state index in [1.807, 2.05) is 17.7 Å². The Labute approximate surface area is 180 Å². The number of aryl methyl sites for hydroxylation is 2. The molecule has 0 unspecified atom stereocenters. The fourth-order valence-electron chi connectivity index (χ4n) is 3.32. The van der Waals surface area contributed by atoms with E-state index in [1.54, 1.807) is 17.5 Å². The molecule has 0 atom stereocenters. The van der Waals surface area contributed by atoms with E-state index in [4.69, 9.17) is 4.98 Å². The average Bonchev–Trinajstić information content (AvgIpc) is 3.34. The molecule has 6 nitrogen and oxygen atoms in total. The monoisotopic (exact) mass is 419 g/mol. The topological polar surface area (TPSA) is 72.7 Å². The molecule has 154 valence electrons. The van der Waals surface area contributed by atoms with Gasteiger partial charge in [0.1, 0.15) is 5.01 Å². The van der Waals surface area contributed by atoms with Crippen LogP contribution in [0.25, 0.3) is 21.6 Å². The molecule has 3 heterocycles. The van der Waals surface area contributed by atoms with E-state index in [9.17, 15) is 4.79 Å². The highest BCUT2D eigenvalue weighted by Crippen LogP contribution is 2.24.